The normalized spacial score (nSPS) is 9.69. The summed E-state index contributed by atoms with van der Waals surface area (Å²) in [5, 5.41) is 6.61. The third-order valence-corrected chi connectivity index (χ3v) is 1.76. The molecule has 0 saturated heterocycles. The van der Waals surface area contributed by atoms with Gasteiger partial charge in [0.15, 0.2) is 0 Å². The summed E-state index contributed by atoms with van der Waals surface area (Å²) in [7, 11) is 0. The second kappa shape index (κ2) is 15.5. The van der Waals surface area contributed by atoms with Crippen molar-refractivity contribution in [3.63, 3.8) is 0 Å². The first kappa shape index (κ1) is 16.4. The quantitative estimate of drug-likeness (QED) is 0.524. The van der Waals surface area contributed by atoms with Crippen molar-refractivity contribution in [1.29, 1.82) is 0 Å². The van der Waals surface area contributed by atoms with Crippen molar-refractivity contribution in [2.75, 3.05) is 32.7 Å². The molecule has 3 nitrogen and oxygen atoms in total. The van der Waals surface area contributed by atoms with Gasteiger partial charge in [0.1, 0.15) is 0 Å². The number of nitrogens with two attached hydrogens (primary N) is 1. The number of nitrogens with one attached hydrogen (secondary N) is 2. The van der Waals surface area contributed by atoms with Crippen molar-refractivity contribution in [2.24, 2.45) is 5.73 Å². The molecule has 0 atom stereocenters. The molecule has 13 heavy (non-hydrogen) atoms. The van der Waals surface area contributed by atoms with Crippen LogP contribution in [0.1, 0.15) is 26.2 Å². The SMILES string of the molecule is CCCCCNCCNCCN.[Y]. The van der Waals surface area contributed by atoms with Crippen LogP contribution in [-0.4, -0.2) is 32.7 Å². The minimum absolute atomic E-state index is 0. The van der Waals surface area contributed by atoms with Crippen LogP contribution in [0.25, 0.3) is 0 Å². The zero-order chi connectivity index (χ0) is 9.07. The molecular weight excluding hydrogens is 239 g/mol. The summed E-state index contributed by atoms with van der Waals surface area (Å²) in [5.41, 5.74) is 5.33. The number of rotatable bonds is 9. The molecule has 0 aliphatic rings. The largest absolute Gasteiger partial charge is 0.329 e. The number of unbranched alkanes of at least 4 members (excludes halogenated alkanes) is 2. The van der Waals surface area contributed by atoms with E-state index in [4.69, 9.17) is 5.73 Å². The monoisotopic (exact) mass is 262 g/mol. The first-order valence-electron chi connectivity index (χ1n) is 5.03. The van der Waals surface area contributed by atoms with Gasteiger partial charge >= 0.3 is 0 Å². The maximum atomic E-state index is 5.33. The van der Waals surface area contributed by atoms with E-state index in [2.05, 4.69) is 17.6 Å². The molecule has 0 unspecified atom stereocenters. The van der Waals surface area contributed by atoms with Crippen LogP contribution in [0, 0.1) is 0 Å². The zero-order valence-corrected chi connectivity index (χ0v) is 11.6. The van der Waals surface area contributed by atoms with Crippen LogP contribution < -0.4 is 16.4 Å². The fourth-order valence-corrected chi connectivity index (χ4v) is 1.03. The molecule has 0 amide bonds. The van der Waals surface area contributed by atoms with Gasteiger partial charge in [0.05, 0.1) is 0 Å². The van der Waals surface area contributed by atoms with Crippen LogP contribution in [0.2, 0.25) is 0 Å². The van der Waals surface area contributed by atoms with Crippen LogP contribution in [0.4, 0.5) is 0 Å². The van der Waals surface area contributed by atoms with Crippen LogP contribution in [0.3, 0.4) is 0 Å². The van der Waals surface area contributed by atoms with E-state index in [0.29, 0.717) is 0 Å². The van der Waals surface area contributed by atoms with E-state index in [1.54, 1.807) is 0 Å². The van der Waals surface area contributed by atoms with E-state index in [-0.39, 0.29) is 32.7 Å². The van der Waals surface area contributed by atoms with Gasteiger partial charge in [-0.25, -0.2) is 0 Å². The minimum atomic E-state index is 0. The summed E-state index contributed by atoms with van der Waals surface area (Å²) < 4.78 is 0. The molecule has 77 valence electrons. The summed E-state index contributed by atoms with van der Waals surface area (Å²) in [6.45, 7) is 7.13. The Morgan fingerprint density at radius 3 is 2.08 bits per heavy atom. The first-order valence-corrected chi connectivity index (χ1v) is 5.03. The van der Waals surface area contributed by atoms with Crippen molar-refractivity contribution in [3.05, 3.63) is 0 Å². The summed E-state index contributed by atoms with van der Waals surface area (Å²) in [4.78, 5) is 0. The molecule has 0 rings (SSSR count). The predicted octanol–water partition coefficient (Wildman–Crippen LogP) is 0.312. The molecule has 1 radical (unpaired) electrons. The average Bonchev–Trinajstić information content (AvgIpc) is 2.10. The van der Waals surface area contributed by atoms with Gasteiger partial charge in [0.2, 0.25) is 0 Å². The van der Waals surface area contributed by atoms with E-state index in [1.807, 2.05) is 0 Å². The summed E-state index contributed by atoms with van der Waals surface area (Å²) in [5.74, 6) is 0. The Kier molecular flexibility index (Phi) is 19.5. The standard InChI is InChI=1S/C9H23N3.Y/c1-2-3-4-6-11-8-9-12-7-5-10;/h11-12H,2-10H2,1H3;. The zero-order valence-electron chi connectivity index (χ0n) is 8.81. The molecule has 0 spiro atoms. The number of hydrogen-bond donors (Lipinski definition) is 3. The van der Waals surface area contributed by atoms with Crippen molar-refractivity contribution in [3.8, 4) is 0 Å². The Morgan fingerprint density at radius 1 is 0.923 bits per heavy atom. The molecule has 4 N–H and O–H groups in total. The van der Waals surface area contributed by atoms with Gasteiger partial charge in [-0.15, -0.1) is 0 Å². The summed E-state index contributed by atoms with van der Waals surface area (Å²) >= 11 is 0. The smallest absolute Gasteiger partial charge is 0.00772 e. The molecule has 0 aromatic heterocycles. The van der Waals surface area contributed by atoms with Gasteiger partial charge in [-0.1, -0.05) is 19.8 Å². The number of hydrogen-bond acceptors (Lipinski definition) is 3. The van der Waals surface area contributed by atoms with Gasteiger partial charge < -0.3 is 16.4 Å². The second-order valence-electron chi connectivity index (χ2n) is 3.00. The van der Waals surface area contributed by atoms with Crippen LogP contribution in [0.5, 0.6) is 0 Å². The average molecular weight is 262 g/mol. The van der Waals surface area contributed by atoms with Gasteiger partial charge in [0.25, 0.3) is 0 Å². The third-order valence-electron chi connectivity index (χ3n) is 1.76. The first-order chi connectivity index (χ1) is 5.91. The Labute approximate surface area is 107 Å². The predicted molar refractivity (Wildman–Crippen MR) is 54.3 cm³/mol. The van der Waals surface area contributed by atoms with Crippen molar-refractivity contribution < 1.29 is 32.7 Å². The van der Waals surface area contributed by atoms with E-state index < -0.39 is 0 Å². The van der Waals surface area contributed by atoms with E-state index in [0.717, 1.165) is 32.7 Å². The summed E-state index contributed by atoms with van der Waals surface area (Å²) in [6, 6.07) is 0. The minimum Gasteiger partial charge on any atom is -0.329 e. The van der Waals surface area contributed by atoms with Crippen LogP contribution >= 0.6 is 0 Å². The molecule has 0 saturated carbocycles. The molecule has 4 heteroatoms. The molecular formula is C9H23N3Y. The third kappa shape index (κ3) is 15.7. The molecule has 0 aromatic carbocycles. The molecule has 0 fully saturated rings. The van der Waals surface area contributed by atoms with Crippen molar-refractivity contribution in [1.82, 2.24) is 10.6 Å². The Morgan fingerprint density at radius 2 is 1.54 bits per heavy atom. The van der Waals surface area contributed by atoms with Gasteiger partial charge in [-0.2, -0.15) is 0 Å². The molecule has 0 aromatic rings. The van der Waals surface area contributed by atoms with Crippen molar-refractivity contribution in [2.45, 2.75) is 26.2 Å². The maximum absolute atomic E-state index is 5.33. The molecule has 0 bridgehead atoms. The second-order valence-corrected chi connectivity index (χ2v) is 3.00. The molecule has 0 aliphatic heterocycles. The van der Waals surface area contributed by atoms with Gasteiger partial charge in [-0.05, 0) is 13.0 Å². The van der Waals surface area contributed by atoms with Crippen molar-refractivity contribution >= 4 is 0 Å². The van der Waals surface area contributed by atoms with Gasteiger partial charge in [0, 0.05) is 58.9 Å². The Bertz CT molecular complexity index is 71.3. The molecule has 0 aliphatic carbocycles. The fourth-order valence-electron chi connectivity index (χ4n) is 1.03. The van der Waals surface area contributed by atoms with E-state index in [1.165, 1.54) is 19.3 Å². The Balaban J connectivity index is 0. The van der Waals surface area contributed by atoms with E-state index >= 15 is 0 Å². The molecule has 0 heterocycles. The fraction of sp³-hybridized carbons (Fsp3) is 1.00. The summed E-state index contributed by atoms with van der Waals surface area (Å²) in [6.07, 6.45) is 3.93. The van der Waals surface area contributed by atoms with Crippen LogP contribution in [-0.2, 0) is 32.7 Å². The Hall–Kier alpha value is 0.984. The van der Waals surface area contributed by atoms with Crippen LogP contribution in [0.15, 0.2) is 0 Å². The topological polar surface area (TPSA) is 50.1 Å². The van der Waals surface area contributed by atoms with E-state index in [9.17, 15) is 0 Å². The van der Waals surface area contributed by atoms with Gasteiger partial charge in [-0.3, -0.25) is 0 Å². The maximum Gasteiger partial charge on any atom is 0.00772 e.